The van der Waals surface area contributed by atoms with E-state index in [2.05, 4.69) is 0 Å². The fourth-order valence-electron chi connectivity index (χ4n) is 9.15. The van der Waals surface area contributed by atoms with Crippen LogP contribution >= 0.6 is 0 Å². The molecule has 2 saturated carbocycles. The summed E-state index contributed by atoms with van der Waals surface area (Å²) in [5.74, 6) is -21.4. The average molecular weight is 1100 g/mol. The predicted octanol–water partition coefficient (Wildman–Crippen LogP) is 2.80. The molecule has 6 aliphatic heterocycles. The highest BCUT2D eigenvalue weighted by Crippen LogP contribution is 2.47. The van der Waals surface area contributed by atoms with Crippen molar-refractivity contribution in [1.82, 2.24) is 0 Å². The lowest BCUT2D eigenvalue weighted by molar-refractivity contribution is -0.406. The van der Waals surface area contributed by atoms with Gasteiger partial charge in [-0.3, -0.25) is 0 Å². The monoisotopic (exact) mass is 1100 g/mol. The zero-order valence-corrected chi connectivity index (χ0v) is 42.9. The third kappa shape index (κ3) is 11.6. The quantitative estimate of drug-likeness (QED) is 0.0841. The van der Waals surface area contributed by atoms with Gasteiger partial charge in [-0.1, -0.05) is 82.4 Å². The second kappa shape index (κ2) is 22.1. The van der Waals surface area contributed by atoms with E-state index in [0.29, 0.717) is 0 Å². The van der Waals surface area contributed by atoms with Gasteiger partial charge in [0.15, 0.2) is 17.4 Å². The molecule has 0 unspecified atom stereocenters. The summed E-state index contributed by atoms with van der Waals surface area (Å²) in [4.78, 5) is 116. The molecule has 5 fully saturated rings. The lowest BCUT2D eigenvalue weighted by atomic mass is 9.87. The summed E-state index contributed by atoms with van der Waals surface area (Å²) in [5.41, 5.74) is -2.63. The van der Waals surface area contributed by atoms with Gasteiger partial charge in [-0.05, 0) is 62.1 Å². The molecule has 0 atom stereocenters. The van der Waals surface area contributed by atoms with Crippen LogP contribution in [0.5, 0.6) is 0 Å². The van der Waals surface area contributed by atoms with Gasteiger partial charge in [0.1, 0.15) is 16.7 Å². The number of ether oxygens (including phenoxy) is 12. The molecule has 0 aromatic rings. The second-order valence-corrected chi connectivity index (χ2v) is 18.8. The molecule has 0 aromatic heterocycles. The van der Waals surface area contributed by atoms with Crippen molar-refractivity contribution in [2.75, 3.05) is 0 Å². The Hall–Kier alpha value is -9.09. The molecule has 0 amide bonds. The fourth-order valence-corrected chi connectivity index (χ4v) is 9.15. The van der Waals surface area contributed by atoms with Crippen LogP contribution in [-0.4, -0.2) is 88.4 Å². The first kappa shape index (κ1) is 56.1. The lowest BCUT2D eigenvalue weighted by Gasteiger charge is -2.50. The molecular weight excluding hydrogens is 1040 g/mol. The van der Waals surface area contributed by atoms with Crippen molar-refractivity contribution >= 4 is 53.7 Å². The van der Waals surface area contributed by atoms with Gasteiger partial charge in [-0.2, -0.15) is 0 Å². The topological polar surface area (TPSA) is 334 Å². The number of cyclic esters (lactones) is 2. The van der Waals surface area contributed by atoms with Crippen molar-refractivity contribution in [3.63, 3.8) is 0 Å². The lowest BCUT2D eigenvalue weighted by Crippen LogP contribution is -2.56. The Balaban J connectivity index is 0.786. The number of carbonyl (C=O) groups is 9. The first-order valence-corrected chi connectivity index (χ1v) is 25.2. The summed E-state index contributed by atoms with van der Waals surface area (Å²) in [5, 5.41) is 37.9. The number of hydrogen-bond acceptors (Lipinski definition) is 24. The molecule has 418 valence electrons. The minimum Gasteiger partial charge on any atom is -0.574 e. The van der Waals surface area contributed by atoms with E-state index in [4.69, 9.17) is 56.8 Å². The first-order chi connectivity index (χ1) is 37.6. The Bertz CT molecular complexity index is 2940. The maximum absolute atomic E-state index is 13.1. The number of esters is 9. The fraction of sp³-hybridized carbons (Fsp3) is 0.400. The van der Waals surface area contributed by atoms with Crippen LogP contribution in [0.2, 0.25) is 0 Å². The molecule has 2 aliphatic carbocycles. The third-order valence-corrected chi connectivity index (χ3v) is 13.9. The number of allylic oxidation sites excluding steroid dienone is 12. The van der Waals surface area contributed by atoms with E-state index in [1.165, 1.54) is 54.7 Å². The molecule has 3 saturated heterocycles. The van der Waals surface area contributed by atoms with E-state index in [1.807, 2.05) is 0 Å². The summed E-state index contributed by atoms with van der Waals surface area (Å²) < 4.78 is 65.3. The highest BCUT2D eigenvalue weighted by Gasteiger charge is 2.57. The molecule has 0 radical (unpaired) electrons. The highest BCUT2D eigenvalue weighted by molar-refractivity contribution is 6.17. The Morgan fingerprint density at radius 3 is 0.772 bits per heavy atom. The zero-order chi connectivity index (χ0) is 57.0. The van der Waals surface area contributed by atoms with Gasteiger partial charge >= 0.3 is 53.7 Å². The molecule has 8 aliphatic rings. The van der Waals surface area contributed by atoms with Crippen LogP contribution in [-0.2, 0) is 100.0 Å². The molecule has 8 rings (SSSR count). The molecule has 0 bridgehead atoms. The standard InChI is InChI=1S/C55H54O24/c1-5-50(6-2)68-38(56)32(39(57)69-50)18-12-9-14-20-34-42(60)72-52(73-43(34)61)24-28-54(29-25-52)76-46(64)36(47(65)77-54)22-16-11-17-23-37-48(66)78-55(79-49(37)67)30-26-53(27-31-55)74-44(62)35(45(63)75-53)21-15-10-13-19-33-40(58)70-51(7-3,8-4)71-41(33)59/h9-23,56,58,64H,5-8,24-31H2,1-4H3/p-3/b14-9+,15-10+,17-11+,18-12+,19-13+,22-16+,34-20?,35-21?,37-23?. The van der Waals surface area contributed by atoms with E-state index < -0.39 is 129 Å². The predicted molar refractivity (Wildman–Crippen MR) is 253 cm³/mol. The van der Waals surface area contributed by atoms with Gasteiger partial charge in [0.05, 0.1) is 34.6 Å². The molecule has 79 heavy (non-hydrogen) atoms. The van der Waals surface area contributed by atoms with Crippen LogP contribution in [0.4, 0.5) is 0 Å². The number of rotatable bonds is 13. The molecule has 24 nitrogen and oxygen atoms in total. The van der Waals surface area contributed by atoms with Crippen LogP contribution in [0.25, 0.3) is 0 Å². The van der Waals surface area contributed by atoms with Crippen molar-refractivity contribution in [2.45, 2.75) is 139 Å². The summed E-state index contributed by atoms with van der Waals surface area (Å²) >= 11 is 0. The van der Waals surface area contributed by atoms with Crippen LogP contribution in [0, 0.1) is 0 Å². The smallest absolute Gasteiger partial charge is 0.348 e. The highest BCUT2D eigenvalue weighted by atomic mass is 16.8. The van der Waals surface area contributed by atoms with Crippen molar-refractivity contribution in [1.29, 1.82) is 0 Å². The summed E-state index contributed by atoms with van der Waals surface area (Å²) in [6.45, 7) is 6.84. The van der Waals surface area contributed by atoms with Crippen LogP contribution in [0.1, 0.15) is 105 Å². The van der Waals surface area contributed by atoms with Crippen molar-refractivity contribution in [3.8, 4) is 0 Å². The van der Waals surface area contributed by atoms with Gasteiger partial charge in [-0.25, -0.2) is 43.2 Å². The molecule has 0 N–H and O–H groups in total. The van der Waals surface area contributed by atoms with Gasteiger partial charge < -0.3 is 72.2 Å². The maximum atomic E-state index is 13.1. The van der Waals surface area contributed by atoms with Gasteiger partial charge in [0.2, 0.25) is 0 Å². The third-order valence-electron chi connectivity index (χ3n) is 13.9. The average Bonchev–Trinajstić information content (AvgIpc) is 3.39. The van der Waals surface area contributed by atoms with Crippen LogP contribution in [0.15, 0.2) is 142 Å². The van der Waals surface area contributed by atoms with E-state index in [-0.39, 0.29) is 88.2 Å². The Morgan fingerprint density at radius 2 is 0.532 bits per heavy atom. The minimum atomic E-state index is -1.76. The first-order valence-electron chi connectivity index (χ1n) is 25.2. The normalized spacial score (nSPS) is 29.0. The zero-order valence-electron chi connectivity index (χ0n) is 42.9. The molecule has 0 aromatic carbocycles. The molecule has 6 heterocycles. The SMILES string of the molecule is CCC1(CC)OC(=O)C(/C=C/C=C/C=C2C(=O)OC3(CCC4(CC3)OC(=O)C(=C/C=C/C=C/C3=C([O-])OC5(CCC6(CC5)OC(=O)C(=C/C=C/C=C/C5=C([O-])OC(CC)(CC)OC5=O)C(=O)O6)OC3=O)C(=O)O4)OC2=O)=C([O-])O1. The second-order valence-electron chi connectivity index (χ2n) is 18.8. The maximum Gasteiger partial charge on any atom is 0.348 e. The largest absolute Gasteiger partial charge is 0.574 e. The summed E-state index contributed by atoms with van der Waals surface area (Å²) in [6.07, 6.45) is 17.7. The Morgan fingerprint density at radius 1 is 0.304 bits per heavy atom. The minimum absolute atomic E-state index is 0.205. The van der Waals surface area contributed by atoms with Crippen LogP contribution in [0.3, 0.4) is 0 Å². The van der Waals surface area contributed by atoms with Crippen molar-refractivity contribution < 1.29 is 115 Å². The summed E-state index contributed by atoms with van der Waals surface area (Å²) in [6, 6.07) is 0. The number of carbonyl (C=O) groups excluding carboxylic acids is 9. The Kier molecular flexibility index (Phi) is 15.7. The van der Waals surface area contributed by atoms with E-state index in [1.54, 1.807) is 27.7 Å². The van der Waals surface area contributed by atoms with Gasteiger partial charge in [0.25, 0.3) is 17.4 Å². The molecular formula is C55H51O24-3. The van der Waals surface area contributed by atoms with Crippen LogP contribution < -0.4 is 15.3 Å². The van der Waals surface area contributed by atoms with Gasteiger partial charge in [0, 0.05) is 51.4 Å². The van der Waals surface area contributed by atoms with E-state index in [0.717, 1.165) is 36.5 Å². The van der Waals surface area contributed by atoms with E-state index in [9.17, 15) is 58.5 Å². The summed E-state index contributed by atoms with van der Waals surface area (Å²) in [7, 11) is 0. The van der Waals surface area contributed by atoms with Crippen molar-refractivity contribution in [2.24, 2.45) is 0 Å². The van der Waals surface area contributed by atoms with E-state index >= 15 is 0 Å². The number of hydrogen-bond donors (Lipinski definition) is 0. The Labute approximate surface area is 449 Å². The van der Waals surface area contributed by atoms with Gasteiger partial charge in [-0.15, -0.1) is 0 Å². The molecule has 4 spiro atoms. The van der Waals surface area contributed by atoms with Crippen molar-refractivity contribution in [3.05, 3.63) is 142 Å². The molecule has 24 heteroatoms.